The van der Waals surface area contributed by atoms with Crippen molar-refractivity contribution in [2.75, 3.05) is 6.61 Å². The summed E-state index contributed by atoms with van der Waals surface area (Å²) >= 11 is 0. The maximum absolute atomic E-state index is 12.1. The van der Waals surface area contributed by atoms with Gasteiger partial charge in [0.05, 0.1) is 13.7 Å². The summed E-state index contributed by atoms with van der Waals surface area (Å²) in [6.45, 7) is 4.55. The zero-order chi connectivity index (χ0) is 25.2. The van der Waals surface area contributed by atoms with Gasteiger partial charge in [-0.3, -0.25) is 4.18 Å². The van der Waals surface area contributed by atoms with E-state index in [0.717, 1.165) is 37.7 Å². The summed E-state index contributed by atoms with van der Waals surface area (Å²) in [5.74, 6) is -0.198. The number of imidazole rings is 1. The summed E-state index contributed by atoms with van der Waals surface area (Å²) in [7, 11) is -2.55. The number of benzene rings is 1. The van der Waals surface area contributed by atoms with Gasteiger partial charge >= 0.3 is 5.97 Å². The van der Waals surface area contributed by atoms with Crippen molar-refractivity contribution in [2.24, 2.45) is 7.05 Å². The van der Waals surface area contributed by atoms with Crippen molar-refractivity contribution < 1.29 is 31.3 Å². The maximum Gasteiger partial charge on any atom is 0.349 e. The summed E-state index contributed by atoms with van der Waals surface area (Å²) in [4.78, 5) is 12.1. The fourth-order valence-corrected chi connectivity index (χ4v) is 3.66. The Morgan fingerprint density at radius 3 is 2.26 bits per heavy atom. The molecule has 1 atom stereocenters. The minimum Gasteiger partial charge on any atom is -0.726 e. The van der Waals surface area contributed by atoms with Crippen molar-refractivity contribution in [3.8, 4) is 0 Å². The molecule has 0 saturated heterocycles. The Labute approximate surface area is 204 Å². The average molecular weight is 497 g/mol. The summed E-state index contributed by atoms with van der Waals surface area (Å²) in [6, 6.07) is 9.97. The van der Waals surface area contributed by atoms with E-state index in [4.69, 9.17) is 4.74 Å². The largest absolute Gasteiger partial charge is 0.726 e. The molecule has 0 N–H and O–H groups in total. The van der Waals surface area contributed by atoms with E-state index >= 15 is 0 Å². The number of hydrogen-bond acceptors (Lipinski definition) is 6. The second-order valence-corrected chi connectivity index (χ2v) is 9.33. The molecular formula is C25H40N2O6S. The highest BCUT2D eigenvalue weighted by molar-refractivity contribution is 7.80. The van der Waals surface area contributed by atoms with Crippen molar-refractivity contribution in [2.45, 2.75) is 84.3 Å². The van der Waals surface area contributed by atoms with Gasteiger partial charge in [0.2, 0.25) is 16.7 Å². The van der Waals surface area contributed by atoms with Gasteiger partial charge in [0, 0.05) is 0 Å². The Bertz CT molecular complexity index is 899. The average Bonchev–Trinajstić information content (AvgIpc) is 3.20. The lowest BCUT2D eigenvalue weighted by molar-refractivity contribution is -0.671. The molecule has 0 saturated carbocycles. The van der Waals surface area contributed by atoms with Crippen LogP contribution in [0.1, 0.15) is 83.3 Å². The molecule has 0 amide bonds. The molecule has 9 heteroatoms. The van der Waals surface area contributed by atoms with Crippen LogP contribution in [-0.2, 0) is 37.7 Å². The zero-order valence-electron chi connectivity index (χ0n) is 20.7. The highest BCUT2D eigenvalue weighted by atomic mass is 32.3. The van der Waals surface area contributed by atoms with E-state index in [1.807, 2.05) is 65.2 Å². The highest BCUT2D eigenvalue weighted by Crippen LogP contribution is 2.23. The molecule has 0 spiro atoms. The van der Waals surface area contributed by atoms with Gasteiger partial charge < -0.3 is 9.29 Å². The van der Waals surface area contributed by atoms with Gasteiger partial charge in [0.25, 0.3) is 0 Å². The summed E-state index contributed by atoms with van der Waals surface area (Å²) in [5.41, 5.74) is 1.07. The lowest BCUT2D eigenvalue weighted by Gasteiger charge is -2.17. The molecule has 192 valence electrons. The minimum absolute atomic E-state index is 0.0258. The SMILES string of the molecule is CCCCCCCCOS(=O)(=O)[O-].CCCC[C@H](OC(=O)Cn1cc[n+](C)c1)c1ccccc1. The first-order valence-corrected chi connectivity index (χ1v) is 13.4. The van der Waals surface area contributed by atoms with E-state index in [1.54, 1.807) is 0 Å². The molecule has 0 aliphatic carbocycles. The number of hydrogen-bond donors (Lipinski definition) is 0. The number of aryl methyl sites for hydroxylation is 1. The number of nitrogens with zero attached hydrogens (tertiary/aromatic N) is 2. The van der Waals surface area contributed by atoms with E-state index in [9.17, 15) is 17.8 Å². The summed E-state index contributed by atoms with van der Waals surface area (Å²) < 4.78 is 43.4. The number of rotatable bonds is 15. The monoisotopic (exact) mass is 496 g/mol. The van der Waals surface area contributed by atoms with Gasteiger partial charge in [-0.05, 0) is 24.8 Å². The van der Waals surface area contributed by atoms with Crippen LogP contribution in [0.3, 0.4) is 0 Å². The van der Waals surface area contributed by atoms with Gasteiger partial charge in [-0.25, -0.2) is 22.3 Å². The Morgan fingerprint density at radius 1 is 1.03 bits per heavy atom. The predicted octanol–water partition coefficient (Wildman–Crippen LogP) is 4.61. The van der Waals surface area contributed by atoms with Crippen LogP contribution in [0.25, 0.3) is 0 Å². The molecule has 0 fully saturated rings. The Morgan fingerprint density at radius 2 is 1.68 bits per heavy atom. The van der Waals surface area contributed by atoms with Gasteiger partial charge in [-0.15, -0.1) is 0 Å². The van der Waals surface area contributed by atoms with Crippen molar-refractivity contribution in [1.82, 2.24) is 4.57 Å². The molecule has 34 heavy (non-hydrogen) atoms. The Hall–Kier alpha value is -2.23. The van der Waals surface area contributed by atoms with Crippen molar-refractivity contribution in [1.29, 1.82) is 0 Å². The third-order valence-electron chi connectivity index (χ3n) is 5.13. The smallest absolute Gasteiger partial charge is 0.349 e. The molecule has 8 nitrogen and oxygen atoms in total. The fourth-order valence-electron chi connectivity index (χ4n) is 3.33. The van der Waals surface area contributed by atoms with E-state index in [-0.39, 0.29) is 25.2 Å². The summed E-state index contributed by atoms with van der Waals surface area (Å²) in [6.07, 6.45) is 14.7. The van der Waals surface area contributed by atoms with Crippen LogP contribution in [-0.4, -0.2) is 30.1 Å². The first-order chi connectivity index (χ1) is 16.2. The second kappa shape index (κ2) is 17.2. The topological polar surface area (TPSA) is 102 Å². The maximum atomic E-state index is 12.1. The second-order valence-electron chi connectivity index (χ2n) is 8.28. The quantitative estimate of drug-likeness (QED) is 0.117. The van der Waals surface area contributed by atoms with Crippen LogP contribution in [0.4, 0.5) is 0 Å². The standard InChI is InChI=1S/C17H23N2O2.C8H18O4S/c1-3-4-10-16(15-8-6-5-7-9-15)21-17(20)13-19-12-11-18(2)14-19;1-2-3-4-5-6-7-8-12-13(9,10)11/h5-9,11-12,14,16H,3-4,10,13H2,1-2H3;2-8H2,1H3,(H,9,10,11)/q+1;/p-1/t16-;/m0./s1. The predicted molar refractivity (Wildman–Crippen MR) is 129 cm³/mol. The van der Waals surface area contributed by atoms with Gasteiger partial charge in [-0.1, -0.05) is 82.7 Å². The number of carbonyl (C=O) groups excluding carboxylic acids is 1. The summed E-state index contributed by atoms with van der Waals surface area (Å²) in [5, 5.41) is 0. The van der Waals surface area contributed by atoms with Crippen molar-refractivity contribution in [3.05, 3.63) is 54.6 Å². The van der Waals surface area contributed by atoms with Crippen molar-refractivity contribution >= 4 is 16.4 Å². The molecule has 1 heterocycles. The normalized spacial score (nSPS) is 12.0. The highest BCUT2D eigenvalue weighted by Gasteiger charge is 2.18. The van der Waals surface area contributed by atoms with Crippen LogP contribution in [0.15, 0.2) is 49.1 Å². The molecule has 1 aromatic heterocycles. The molecule has 0 aliphatic rings. The van der Waals surface area contributed by atoms with E-state index in [2.05, 4.69) is 18.0 Å². The van der Waals surface area contributed by atoms with Crippen LogP contribution in [0.2, 0.25) is 0 Å². The van der Waals surface area contributed by atoms with Crippen LogP contribution in [0, 0.1) is 0 Å². The molecular weight excluding hydrogens is 456 g/mol. The fraction of sp³-hybridized carbons (Fsp3) is 0.600. The number of unbranched alkanes of at least 4 members (excludes halogenated alkanes) is 6. The van der Waals surface area contributed by atoms with Crippen LogP contribution in [0.5, 0.6) is 0 Å². The lowest BCUT2D eigenvalue weighted by Crippen LogP contribution is -2.24. The lowest BCUT2D eigenvalue weighted by atomic mass is 10.0. The molecule has 0 aliphatic heterocycles. The van der Waals surface area contributed by atoms with E-state index < -0.39 is 10.4 Å². The molecule has 2 aromatic rings. The molecule has 0 unspecified atom stereocenters. The third-order valence-corrected chi connectivity index (χ3v) is 5.58. The zero-order valence-corrected chi connectivity index (χ0v) is 21.5. The van der Waals surface area contributed by atoms with Crippen molar-refractivity contribution in [3.63, 3.8) is 0 Å². The van der Waals surface area contributed by atoms with Crippen LogP contribution < -0.4 is 4.57 Å². The third kappa shape index (κ3) is 14.8. The van der Waals surface area contributed by atoms with Crippen LogP contribution >= 0.6 is 0 Å². The molecule has 0 radical (unpaired) electrons. The minimum atomic E-state index is -4.47. The molecule has 2 rings (SSSR count). The number of carbonyl (C=O) groups is 1. The molecule has 0 bridgehead atoms. The Balaban J connectivity index is 0.000000385. The van der Waals surface area contributed by atoms with Gasteiger partial charge in [0.1, 0.15) is 18.5 Å². The first kappa shape index (κ1) is 29.8. The van der Waals surface area contributed by atoms with Gasteiger partial charge in [-0.2, -0.15) is 0 Å². The molecule has 1 aromatic carbocycles. The first-order valence-electron chi connectivity index (χ1n) is 12.1. The number of ether oxygens (including phenoxy) is 1. The van der Waals surface area contributed by atoms with Gasteiger partial charge in [0.15, 0.2) is 6.54 Å². The number of aromatic nitrogens is 2. The van der Waals surface area contributed by atoms with E-state index in [0.29, 0.717) is 6.42 Å². The van der Waals surface area contributed by atoms with E-state index in [1.165, 1.54) is 19.3 Å². The Kier molecular flexibility index (Phi) is 15.1. The number of esters is 1.